The van der Waals surface area contributed by atoms with Crippen LogP contribution < -0.4 is 0 Å². The van der Waals surface area contributed by atoms with Gasteiger partial charge in [0.05, 0.1) is 12.2 Å². The van der Waals surface area contributed by atoms with E-state index in [4.69, 9.17) is 11.6 Å². The Kier molecular flexibility index (Phi) is 3.80. The van der Waals surface area contributed by atoms with Gasteiger partial charge >= 0.3 is 5.97 Å². The van der Waals surface area contributed by atoms with Crippen LogP contribution in [-0.2, 0) is 9.53 Å². The molecule has 1 aromatic rings. The number of nitrogens with zero attached hydrogens (tertiary/aromatic N) is 1. The number of halogens is 1. The molecule has 0 saturated carbocycles. The number of esters is 1. The first-order valence-corrected chi connectivity index (χ1v) is 4.77. The van der Waals surface area contributed by atoms with E-state index in [0.29, 0.717) is 0 Å². The van der Waals surface area contributed by atoms with Crippen molar-refractivity contribution in [1.29, 1.82) is 0 Å². The molecule has 0 fully saturated rings. The van der Waals surface area contributed by atoms with Crippen LogP contribution in [0.25, 0.3) is 0 Å². The van der Waals surface area contributed by atoms with E-state index in [2.05, 4.69) is 9.72 Å². The first-order valence-electron chi connectivity index (χ1n) is 4.39. The van der Waals surface area contributed by atoms with Crippen molar-refractivity contribution in [2.24, 2.45) is 0 Å². The van der Waals surface area contributed by atoms with Crippen LogP contribution in [0, 0.1) is 6.92 Å². The molecule has 4 nitrogen and oxygen atoms in total. The number of pyridine rings is 1. The summed E-state index contributed by atoms with van der Waals surface area (Å²) in [5.74, 6) is -1.68. The van der Waals surface area contributed by atoms with Crippen LogP contribution >= 0.6 is 11.6 Å². The van der Waals surface area contributed by atoms with Crippen molar-refractivity contribution >= 4 is 23.4 Å². The number of ether oxygens (including phenoxy) is 1. The maximum Gasteiger partial charge on any atom is 0.379 e. The lowest BCUT2D eigenvalue weighted by molar-refractivity contribution is -0.137. The highest BCUT2D eigenvalue weighted by Crippen LogP contribution is 2.15. The summed E-state index contributed by atoms with van der Waals surface area (Å²) < 4.78 is 4.58. The number of rotatable bonds is 3. The minimum atomic E-state index is -0.910. The highest BCUT2D eigenvalue weighted by Gasteiger charge is 2.20. The van der Waals surface area contributed by atoms with Gasteiger partial charge in [0.15, 0.2) is 0 Å². The first kappa shape index (κ1) is 11.7. The van der Waals surface area contributed by atoms with Crippen molar-refractivity contribution in [3.8, 4) is 0 Å². The number of carbonyl (C=O) groups is 2. The Labute approximate surface area is 92.2 Å². The van der Waals surface area contributed by atoms with E-state index in [-0.39, 0.29) is 17.3 Å². The fourth-order valence-electron chi connectivity index (χ4n) is 1.02. The van der Waals surface area contributed by atoms with E-state index >= 15 is 0 Å². The summed E-state index contributed by atoms with van der Waals surface area (Å²) in [6.45, 7) is 3.54. The molecule has 0 N–H and O–H groups in total. The topological polar surface area (TPSA) is 56.3 Å². The molecule has 1 aromatic heterocycles. The smallest absolute Gasteiger partial charge is 0.379 e. The zero-order chi connectivity index (χ0) is 11.4. The highest BCUT2D eigenvalue weighted by molar-refractivity contribution is 6.45. The van der Waals surface area contributed by atoms with E-state index in [9.17, 15) is 9.59 Å². The molecule has 0 aliphatic heterocycles. The SMILES string of the molecule is CCOC(=O)C(=O)c1cc(C)cnc1Cl. The number of hydrogen-bond acceptors (Lipinski definition) is 4. The molecule has 0 spiro atoms. The Morgan fingerprint density at radius 2 is 2.20 bits per heavy atom. The number of carbonyl (C=O) groups excluding carboxylic acids is 2. The van der Waals surface area contributed by atoms with Crippen molar-refractivity contribution in [2.45, 2.75) is 13.8 Å². The van der Waals surface area contributed by atoms with Gasteiger partial charge in [0.25, 0.3) is 5.78 Å². The summed E-state index contributed by atoms with van der Waals surface area (Å²) in [7, 11) is 0. The van der Waals surface area contributed by atoms with Crippen LogP contribution in [0.15, 0.2) is 12.3 Å². The van der Waals surface area contributed by atoms with Gasteiger partial charge in [-0.05, 0) is 25.5 Å². The van der Waals surface area contributed by atoms with Crippen LogP contribution in [0.2, 0.25) is 5.15 Å². The molecule has 0 unspecified atom stereocenters. The van der Waals surface area contributed by atoms with E-state index < -0.39 is 11.8 Å². The molecule has 0 aliphatic rings. The Bertz CT molecular complexity index is 404. The molecule has 5 heteroatoms. The molecule has 0 radical (unpaired) electrons. The van der Waals surface area contributed by atoms with Crippen LogP contribution in [0.4, 0.5) is 0 Å². The lowest BCUT2D eigenvalue weighted by Crippen LogP contribution is -2.18. The highest BCUT2D eigenvalue weighted by atomic mass is 35.5. The molecule has 0 saturated heterocycles. The molecule has 0 bridgehead atoms. The summed E-state index contributed by atoms with van der Waals surface area (Å²) >= 11 is 5.70. The molecule has 15 heavy (non-hydrogen) atoms. The number of hydrogen-bond donors (Lipinski definition) is 0. The van der Waals surface area contributed by atoms with Crippen molar-refractivity contribution in [3.63, 3.8) is 0 Å². The van der Waals surface area contributed by atoms with Gasteiger partial charge in [-0.3, -0.25) is 4.79 Å². The van der Waals surface area contributed by atoms with Gasteiger partial charge < -0.3 is 4.74 Å². The summed E-state index contributed by atoms with van der Waals surface area (Å²) in [5.41, 5.74) is 0.835. The Balaban J connectivity index is 3.00. The van der Waals surface area contributed by atoms with E-state index in [0.717, 1.165) is 5.56 Å². The van der Waals surface area contributed by atoms with Gasteiger partial charge in [-0.25, -0.2) is 9.78 Å². The standard InChI is InChI=1S/C10H10ClNO3/c1-3-15-10(14)8(13)7-4-6(2)5-12-9(7)11/h4-5H,3H2,1-2H3. The van der Waals surface area contributed by atoms with Crippen molar-refractivity contribution < 1.29 is 14.3 Å². The van der Waals surface area contributed by atoms with Crippen LogP contribution in [-0.4, -0.2) is 23.3 Å². The Morgan fingerprint density at radius 1 is 1.53 bits per heavy atom. The number of ketones is 1. The Hall–Kier alpha value is -1.42. The number of aryl methyl sites for hydroxylation is 1. The largest absolute Gasteiger partial charge is 0.460 e. The van der Waals surface area contributed by atoms with Gasteiger partial charge in [0, 0.05) is 6.20 Å². The fraction of sp³-hybridized carbons (Fsp3) is 0.300. The zero-order valence-corrected chi connectivity index (χ0v) is 9.17. The fourth-order valence-corrected chi connectivity index (χ4v) is 1.21. The van der Waals surface area contributed by atoms with Gasteiger partial charge in [0.2, 0.25) is 0 Å². The molecule has 0 aromatic carbocycles. The van der Waals surface area contributed by atoms with Crippen molar-refractivity contribution in [2.75, 3.05) is 6.61 Å². The van der Waals surface area contributed by atoms with Crippen molar-refractivity contribution in [3.05, 3.63) is 28.5 Å². The maximum atomic E-state index is 11.5. The molecule has 1 heterocycles. The minimum absolute atomic E-state index is 0.0126. The average molecular weight is 228 g/mol. The monoisotopic (exact) mass is 227 g/mol. The van der Waals surface area contributed by atoms with Crippen LogP contribution in [0.5, 0.6) is 0 Å². The first-order chi connectivity index (χ1) is 7.06. The molecular formula is C10H10ClNO3. The van der Waals surface area contributed by atoms with Gasteiger partial charge in [0.1, 0.15) is 5.15 Å². The summed E-state index contributed by atoms with van der Waals surface area (Å²) in [6, 6.07) is 1.51. The van der Waals surface area contributed by atoms with Crippen LogP contribution in [0.3, 0.4) is 0 Å². The summed E-state index contributed by atoms with van der Waals surface area (Å²) in [6.07, 6.45) is 1.52. The Morgan fingerprint density at radius 3 is 2.80 bits per heavy atom. The predicted octanol–water partition coefficient (Wildman–Crippen LogP) is 1.79. The van der Waals surface area contributed by atoms with Gasteiger partial charge in [-0.1, -0.05) is 11.6 Å². The van der Waals surface area contributed by atoms with Crippen molar-refractivity contribution in [1.82, 2.24) is 4.98 Å². The molecule has 0 aliphatic carbocycles. The maximum absolute atomic E-state index is 11.5. The number of aromatic nitrogens is 1. The summed E-state index contributed by atoms with van der Waals surface area (Å²) in [4.78, 5) is 26.4. The predicted molar refractivity (Wildman–Crippen MR) is 54.9 cm³/mol. The third kappa shape index (κ3) is 2.76. The second-order valence-corrected chi connectivity index (χ2v) is 3.26. The third-order valence-electron chi connectivity index (χ3n) is 1.68. The van der Waals surface area contributed by atoms with E-state index in [1.807, 2.05) is 0 Å². The molecule has 0 atom stereocenters. The van der Waals surface area contributed by atoms with Gasteiger partial charge in [-0.2, -0.15) is 0 Å². The number of Topliss-reactive ketones (excluding diaryl/α,β-unsaturated/α-hetero) is 1. The lowest BCUT2D eigenvalue weighted by Gasteiger charge is -2.03. The molecule has 80 valence electrons. The van der Waals surface area contributed by atoms with Gasteiger partial charge in [-0.15, -0.1) is 0 Å². The second-order valence-electron chi connectivity index (χ2n) is 2.90. The second kappa shape index (κ2) is 4.89. The normalized spacial score (nSPS) is 9.80. The molecular weight excluding hydrogens is 218 g/mol. The lowest BCUT2D eigenvalue weighted by atomic mass is 10.1. The van der Waals surface area contributed by atoms with E-state index in [1.165, 1.54) is 12.3 Å². The van der Waals surface area contributed by atoms with Crippen LogP contribution in [0.1, 0.15) is 22.8 Å². The average Bonchev–Trinajstić information content (AvgIpc) is 2.21. The summed E-state index contributed by atoms with van der Waals surface area (Å²) in [5, 5.41) is 0.0126. The third-order valence-corrected chi connectivity index (χ3v) is 1.98. The molecule has 1 rings (SSSR count). The van der Waals surface area contributed by atoms with E-state index in [1.54, 1.807) is 13.8 Å². The zero-order valence-electron chi connectivity index (χ0n) is 8.41. The quantitative estimate of drug-likeness (QED) is 0.342. The molecule has 0 amide bonds. The minimum Gasteiger partial charge on any atom is -0.460 e.